The number of amides is 2. The number of nitrogens with two attached hydrogens (primary N) is 1. The van der Waals surface area contributed by atoms with E-state index in [1.807, 2.05) is 36.4 Å². The average Bonchev–Trinajstić information content (AvgIpc) is 2.61. The summed E-state index contributed by atoms with van der Waals surface area (Å²) in [7, 11) is 1.63. The van der Waals surface area contributed by atoms with Crippen molar-refractivity contribution in [1.82, 2.24) is 5.32 Å². The van der Waals surface area contributed by atoms with Crippen LogP contribution in [0.2, 0.25) is 0 Å². The zero-order chi connectivity index (χ0) is 17.8. The second-order valence-corrected chi connectivity index (χ2v) is 6.71. The van der Waals surface area contributed by atoms with Crippen LogP contribution in [0.1, 0.15) is 31.2 Å². The normalized spacial score (nSPS) is 20.2. The molecule has 0 spiro atoms. The molecule has 3 N–H and O–H groups in total. The minimum absolute atomic E-state index is 0.0227. The number of primary amides is 1. The van der Waals surface area contributed by atoms with Crippen molar-refractivity contribution in [3.8, 4) is 5.75 Å². The molecule has 0 heterocycles. The Labute approximate surface area is 147 Å². The number of fused-ring (bicyclic) bond motifs is 1. The SMILES string of the molecule is COc1ccc2cccc(CC(=O)N[C@@H]3CCC[C@H](C(N)=O)C3)c2c1. The van der Waals surface area contributed by atoms with Crippen LogP contribution in [0.3, 0.4) is 0 Å². The number of hydrogen-bond acceptors (Lipinski definition) is 3. The van der Waals surface area contributed by atoms with Gasteiger partial charge in [0, 0.05) is 12.0 Å². The van der Waals surface area contributed by atoms with Crippen LogP contribution in [0.15, 0.2) is 36.4 Å². The summed E-state index contributed by atoms with van der Waals surface area (Å²) in [6.45, 7) is 0. The molecule has 25 heavy (non-hydrogen) atoms. The first-order valence-corrected chi connectivity index (χ1v) is 8.71. The number of hydrogen-bond donors (Lipinski definition) is 2. The fourth-order valence-electron chi connectivity index (χ4n) is 3.63. The van der Waals surface area contributed by atoms with E-state index >= 15 is 0 Å². The van der Waals surface area contributed by atoms with Crippen LogP contribution >= 0.6 is 0 Å². The summed E-state index contributed by atoms with van der Waals surface area (Å²) in [6.07, 6.45) is 3.60. The van der Waals surface area contributed by atoms with Crippen LogP contribution in [-0.4, -0.2) is 25.0 Å². The van der Waals surface area contributed by atoms with Crippen molar-refractivity contribution < 1.29 is 14.3 Å². The van der Waals surface area contributed by atoms with Crippen molar-refractivity contribution in [3.63, 3.8) is 0 Å². The molecule has 0 saturated heterocycles. The predicted molar refractivity (Wildman–Crippen MR) is 97.3 cm³/mol. The van der Waals surface area contributed by atoms with Crippen molar-refractivity contribution in [3.05, 3.63) is 42.0 Å². The van der Waals surface area contributed by atoms with E-state index in [1.165, 1.54) is 0 Å². The Hall–Kier alpha value is -2.56. The van der Waals surface area contributed by atoms with Gasteiger partial charge in [0.2, 0.25) is 11.8 Å². The van der Waals surface area contributed by atoms with E-state index in [9.17, 15) is 9.59 Å². The molecule has 0 aromatic heterocycles. The van der Waals surface area contributed by atoms with E-state index < -0.39 is 0 Å². The lowest BCUT2D eigenvalue weighted by atomic mass is 9.85. The van der Waals surface area contributed by atoms with Gasteiger partial charge >= 0.3 is 0 Å². The topological polar surface area (TPSA) is 81.4 Å². The number of rotatable bonds is 5. The Balaban J connectivity index is 1.70. The first-order valence-electron chi connectivity index (χ1n) is 8.71. The molecule has 0 bridgehead atoms. The summed E-state index contributed by atoms with van der Waals surface area (Å²) in [5.41, 5.74) is 6.38. The van der Waals surface area contributed by atoms with Gasteiger partial charge in [-0.3, -0.25) is 9.59 Å². The van der Waals surface area contributed by atoms with Crippen LogP contribution in [0.5, 0.6) is 5.75 Å². The molecule has 1 aliphatic carbocycles. The highest BCUT2D eigenvalue weighted by molar-refractivity contribution is 5.91. The molecule has 0 radical (unpaired) electrons. The van der Waals surface area contributed by atoms with Crippen LogP contribution in [0.25, 0.3) is 10.8 Å². The predicted octanol–water partition coefficient (Wildman–Crippen LogP) is 2.55. The molecule has 1 fully saturated rings. The van der Waals surface area contributed by atoms with Gasteiger partial charge < -0.3 is 15.8 Å². The number of carbonyl (C=O) groups is 2. The third kappa shape index (κ3) is 4.10. The molecular weight excluding hydrogens is 316 g/mol. The molecule has 0 unspecified atom stereocenters. The number of methoxy groups -OCH3 is 1. The fraction of sp³-hybridized carbons (Fsp3) is 0.400. The standard InChI is InChI=1S/C20H24N2O3/c1-25-17-9-8-13-4-2-5-14(18(13)12-17)11-19(23)22-16-7-3-6-15(10-16)20(21)24/h2,4-5,8-9,12,15-16H,3,6-7,10-11H2,1H3,(H2,21,24)(H,22,23)/t15-,16+/m0/s1. The Morgan fingerprint density at radius 2 is 2.08 bits per heavy atom. The molecule has 1 saturated carbocycles. The third-order valence-corrected chi connectivity index (χ3v) is 4.97. The summed E-state index contributed by atoms with van der Waals surface area (Å²) in [6, 6.07) is 11.8. The molecule has 5 heteroatoms. The molecule has 2 aromatic carbocycles. The zero-order valence-electron chi connectivity index (χ0n) is 14.5. The molecule has 1 aliphatic rings. The number of nitrogens with one attached hydrogen (secondary N) is 1. The molecule has 2 amide bonds. The van der Waals surface area contributed by atoms with E-state index in [4.69, 9.17) is 10.5 Å². The van der Waals surface area contributed by atoms with Gasteiger partial charge in [-0.2, -0.15) is 0 Å². The number of ether oxygens (including phenoxy) is 1. The Kier molecular flexibility index (Phi) is 5.22. The molecule has 132 valence electrons. The molecule has 2 aromatic rings. The van der Waals surface area contributed by atoms with E-state index in [-0.39, 0.29) is 23.8 Å². The molecule has 5 nitrogen and oxygen atoms in total. The lowest BCUT2D eigenvalue weighted by Crippen LogP contribution is -2.41. The molecule has 3 rings (SSSR count). The van der Waals surface area contributed by atoms with Crippen molar-refractivity contribution in [2.24, 2.45) is 11.7 Å². The lowest BCUT2D eigenvalue weighted by molar-refractivity contribution is -0.125. The monoisotopic (exact) mass is 340 g/mol. The minimum Gasteiger partial charge on any atom is -0.497 e. The smallest absolute Gasteiger partial charge is 0.224 e. The first-order chi connectivity index (χ1) is 12.1. The highest BCUT2D eigenvalue weighted by atomic mass is 16.5. The summed E-state index contributed by atoms with van der Waals surface area (Å²) >= 11 is 0. The number of benzene rings is 2. The highest BCUT2D eigenvalue weighted by Gasteiger charge is 2.26. The molecule has 2 atom stereocenters. The van der Waals surface area contributed by atoms with Crippen LogP contribution in [0.4, 0.5) is 0 Å². The molecular formula is C20H24N2O3. The zero-order valence-corrected chi connectivity index (χ0v) is 14.5. The van der Waals surface area contributed by atoms with Gasteiger partial charge in [0.1, 0.15) is 5.75 Å². The van der Waals surface area contributed by atoms with E-state index in [1.54, 1.807) is 7.11 Å². The summed E-state index contributed by atoms with van der Waals surface area (Å²) in [5.74, 6) is 0.364. The maximum Gasteiger partial charge on any atom is 0.224 e. The van der Waals surface area contributed by atoms with Gasteiger partial charge in [0.15, 0.2) is 0 Å². The van der Waals surface area contributed by atoms with Crippen molar-refractivity contribution >= 4 is 22.6 Å². The summed E-state index contributed by atoms with van der Waals surface area (Å²) in [4.78, 5) is 23.9. The Morgan fingerprint density at radius 1 is 1.24 bits per heavy atom. The van der Waals surface area contributed by atoms with Gasteiger partial charge in [-0.25, -0.2) is 0 Å². The highest BCUT2D eigenvalue weighted by Crippen LogP contribution is 2.26. The number of carbonyl (C=O) groups excluding carboxylic acids is 2. The van der Waals surface area contributed by atoms with Gasteiger partial charge in [0.25, 0.3) is 0 Å². The van der Waals surface area contributed by atoms with Gasteiger partial charge in [-0.05, 0) is 47.7 Å². The van der Waals surface area contributed by atoms with Gasteiger partial charge in [0.05, 0.1) is 13.5 Å². The largest absolute Gasteiger partial charge is 0.497 e. The van der Waals surface area contributed by atoms with Crippen LogP contribution < -0.4 is 15.8 Å². The third-order valence-electron chi connectivity index (χ3n) is 4.97. The average molecular weight is 340 g/mol. The fourth-order valence-corrected chi connectivity index (χ4v) is 3.63. The van der Waals surface area contributed by atoms with Crippen molar-refractivity contribution in [1.29, 1.82) is 0 Å². The minimum atomic E-state index is -0.264. The second-order valence-electron chi connectivity index (χ2n) is 6.71. The summed E-state index contributed by atoms with van der Waals surface area (Å²) in [5, 5.41) is 5.17. The van der Waals surface area contributed by atoms with Crippen LogP contribution in [-0.2, 0) is 16.0 Å². The maximum atomic E-state index is 12.5. The van der Waals surface area contributed by atoms with Gasteiger partial charge in [-0.1, -0.05) is 30.7 Å². The summed E-state index contributed by atoms with van der Waals surface area (Å²) < 4.78 is 5.29. The second kappa shape index (κ2) is 7.55. The quantitative estimate of drug-likeness (QED) is 0.877. The van der Waals surface area contributed by atoms with Crippen LogP contribution in [0, 0.1) is 5.92 Å². The van der Waals surface area contributed by atoms with E-state index in [0.29, 0.717) is 12.8 Å². The lowest BCUT2D eigenvalue weighted by Gasteiger charge is -2.28. The Morgan fingerprint density at radius 3 is 2.84 bits per heavy atom. The molecule has 0 aliphatic heterocycles. The van der Waals surface area contributed by atoms with E-state index in [2.05, 4.69) is 5.32 Å². The van der Waals surface area contributed by atoms with Crippen molar-refractivity contribution in [2.75, 3.05) is 7.11 Å². The van der Waals surface area contributed by atoms with E-state index in [0.717, 1.165) is 41.3 Å². The van der Waals surface area contributed by atoms with Crippen molar-refractivity contribution in [2.45, 2.75) is 38.1 Å². The Bertz CT molecular complexity index is 788. The first kappa shape index (κ1) is 17.3. The van der Waals surface area contributed by atoms with Gasteiger partial charge in [-0.15, -0.1) is 0 Å². The maximum absolute atomic E-state index is 12.5.